The predicted molar refractivity (Wildman–Crippen MR) is 133 cm³/mol. The Morgan fingerprint density at radius 1 is 1.11 bits per heavy atom. The number of carbonyl (C=O) groups excluding carboxylic acids is 3. The lowest BCUT2D eigenvalue weighted by Crippen LogP contribution is -2.43. The predicted octanol–water partition coefficient (Wildman–Crippen LogP) is 3.34. The summed E-state index contributed by atoms with van der Waals surface area (Å²) in [5.41, 5.74) is 3.95. The highest BCUT2D eigenvalue weighted by molar-refractivity contribution is 6.12. The van der Waals surface area contributed by atoms with Crippen molar-refractivity contribution in [3.05, 3.63) is 52.4 Å². The molecule has 8 nitrogen and oxygen atoms in total. The highest BCUT2D eigenvalue weighted by Crippen LogP contribution is 2.45. The largest absolute Gasteiger partial charge is 0.468 e. The molecule has 0 unspecified atom stereocenters. The van der Waals surface area contributed by atoms with Gasteiger partial charge in [-0.3, -0.25) is 9.59 Å². The summed E-state index contributed by atoms with van der Waals surface area (Å²) in [5, 5.41) is 3.27. The fourth-order valence-corrected chi connectivity index (χ4v) is 4.77. The highest BCUT2D eigenvalue weighted by atomic mass is 16.6. The average Bonchev–Trinajstić information content (AvgIpc) is 2.82. The molecule has 1 heterocycles. The number of hydrogen-bond donors (Lipinski definition) is 1. The van der Waals surface area contributed by atoms with Crippen LogP contribution in [0.15, 0.2) is 46.8 Å². The number of ketones is 1. The number of Topliss-reactive ketones (excluding diaryl/α,β-unsaturated/α-hetero) is 1. The molecule has 1 aliphatic carbocycles. The van der Waals surface area contributed by atoms with Crippen LogP contribution in [0.4, 0.5) is 5.69 Å². The van der Waals surface area contributed by atoms with Gasteiger partial charge in [0.1, 0.15) is 12.5 Å². The molecule has 190 valence electrons. The number of carbonyl (C=O) groups is 3. The number of benzene rings is 1. The molecule has 2 aliphatic rings. The number of esters is 2. The zero-order chi connectivity index (χ0) is 25.7. The number of rotatable bonds is 9. The number of hydrogen-bond acceptors (Lipinski definition) is 8. The van der Waals surface area contributed by atoms with Gasteiger partial charge in [0.15, 0.2) is 5.78 Å². The lowest BCUT2D eigenvalue weighted by Gasteiger charge is -2.38. The van der Waals surface area contributed by atoms with Crippen molar-refractivity contribution in [1.82, 2.24) is 5.32 Å². The Labute approximate surface area is 207 Å². The van der Waals surface area contributed by atoms with Gasteiger partial charge < -0.3 is 24.4 Å². The van der Waals surface area contributed by atoms with Crippen molar-refractivity contribution in [3.63, 3.8) is 0 Å². The Bertz CT molecular complexity index is 1020. The fourth-order valence-electron chi connectivity index (χ4n) is 4.77. The summed E-state index contributed by atoms with van der Waals surface area (Å²) in [6, 6.07) is 7.73. The summed E-state index contributed by atoms with van der Waals surface area (Å²) in [5.74, 6) is -3.18. The maximum Gasteiger partial charge on any atom is 0.336 e. The van der Waals surface area contributed by atoms with Gasteiger partial charge in [0.05, 0.1) is 19.3 Å². The van der Waals surface area contributed by atoms with Crippen molar-refractivity contribution >= 4 is 23.4 Å². The van der Waals surface area contributed by atoms with E-state index in [1.807, 2.05) is 64.0 Å². The van der Waals surface area contributed by atoms with E-state index in [1.54, 1.807) is 0 Å². The summed E-state index contributed by atoms with van der Waals surface area (Å²) in [7, 11) is 5.18. The maximum atomic E-state index is 13.7. The standard InChI is InChI=1S/C27H36N2O6/c1-7-12-34-13-14-35-27(32)22-17(3)28-20-15-16(2)21(26(31)33-6)25(30)24(20)23(22)18-8-10-19(11-9-18)29(4)5/h8-11,16,21,23,28H,7,12-15H2,1-6H3/t16-,21-,23+/m0/s1. The number of nitrogens with zero attached hydrogens (tertiary/aromatic N) is 1. The van der Waals surface area contributed by atoms with Crippen LogP contribution < -0.4 is 10.2 Å². The number of methoxy groups -OCH3 is 1. The van der Waals surface area contributed by atoms with Gasteiger partial charge in [0.2, 0.25) is 0 Å². The summed E-state index contributed by atoms with van der Waals surface area (Å²) in [6.45, 7) is 6.70. The number of ether oxygens (including phenoxy) is 3. The van der Waals surface area contributed by atoms with Gasteiger partial charge in [0, 0.05) is 49.3 Å². The molecule has 1 aromatic rings. The molecule has 0 aromatic heterocycles. The molecule has 0 amide bonds. The molecule has 0 spiro atoms. The topological polar surface area (TPSA) is 94.2 Å². The van der Waals surface area contributed by atoms with Crippen molar-refractivity contribution in [1.29, 1.82) is 0 Å². The van der Waals surface area contributed by atoms with E-state index in [-0.39, 0.29) is 18.3 Å². The van der Waals surface area contributed by atoms with Gasteiger partial charge in [-0.25, -0.2) is 4.79 Å². The van der Waals surface area contributed by atoms with E-state index in [0.717, 1.165) is 23.4 Å². The normalized spacial score (nSPS) is 21.9. The van der Waals surface area contributed by atoms with Crippen molar-refractivity contribution in [2.45, 2.75) is 39.5 Å². The number of dihydropyridines is 1. The minimum atomic E-state index is -0.915. The maximum absolute atomic E-state index is 13.7. The lowest BCUT2D eigenvalue weighted by atomic mass is 9.69. The van der Waals surface area contributed by atoms with E-state index in [2.05, 4.69) is 5.32 Å². The first kappa shape index (κ1) is 26.5. The first-order chi connectivity index (χ1) is 16.7. The first-order valence-corrected chi connectivity index (χ1v) is 12.1. The quantitative estimate of drug-likeness (QED) is 0.324. The van der Waals surface area contributed by atoms with E-state index < -0.39 is 23.8 Å². The fraction of sp³-hybridized carbons (Fsp3) is 0.519. The molecule has 0 bridgehead atoms. The van der Waals surface area contributed by atoms with Crippen LogP contribution in [0.1, 0.15) is 45.1 Å². The smallest absolute Gasteiger partial charge is 0.336 e. The number of nitrogens with one attached hydrogen (secondary N) is 1. The molecule has 35 heavy (non-hydrogen) atoms. The van der Waals surface area contributed by atoms with E-state index in [0.29, 0.717) is 36.5 Å². The van der Waals surface area contributed by atoms with Crippen LogP contribution in [0.25, 0.3) is 0 Å². The first-order valence-electron chi connectivity index (χ1n) is 12.1. The summed E-state index contributed by atoms with van der Waals surface area (Å²) in [4.78, 5) is 41.5. The third-order valence-electron chi connectivity index (χ3n) is 6.52. The second-order valence-electron chi connectivity index (χ2n) is 9.27. The highest BCUT2D eigenvalue weighted by Gasteiger charge is 2.47. The van der Waals surface area contributed by atoms with Crippen LogP contribution in [0.5, 0.6) is 0 Å². The van der Waals surface area contributed by atoms with Gasteiger partial charge in [-0.15, -0.1) is 0 Å². The van der Waals surface area contributed by atoms with E-state index in [4.69, 9.17) is 14.2 Å². The van der Waals surface area contributed by atoms with Gasteiger partial charge in [-0.05, 0) is 43.4 Å². The van der Waals surface area contributed by atoms with Crippen LogP contribution in [-0.4, -0.2) is 58.7 Å². The Morgan fingerprint density at radius 2 is 1.80 bits per heavy atom. The van der Waals surface area contributed by atoms with Crippen molar-refractivity contribution in [3.8, 4) is 0 Å². The summed E-state index contributed by atoms with van der Waals surface area (Å²) < 4.78 is 15.9. The molecule has 8 heteroatoms. The van der Waals surface area contributed by atoms with Gasteiger partial charge in [-0.1, -0.05) is 26.0 Å². The molecule has 0 fully saturated rings. The molecular weight excluding hydrogens is 448 g/mol. The molecule has 0 saturated heterocycles. The van der Waals surface area contributed by atoms with Crippen molar-refractivity contribution < 1.29 is 28.6 Å². The van der Waals surface area contributed by atoms with Gasteiger partial charge in [0.25, 0.3) is 0 Å². The molecule has 1 N–H and O–H groups in total. The molecule has 0 saturated carbocycles. The second-order valence-corrected chi connectivity index (χ2v) is 9.27. The number of allylic oxidation sites excluding steroid dienone is 3. The van der Waals surface area contributed by atoms with Crippen LogP contribution >= 0.6 is 0 Å². The van der Waals surface area contributed by atoms with Crippen LogP contribution in [-0.2, 0) is 28.6 Å². The molecular formula is C27H36N2O6. The zero-order valence-corrected chi connectivity index (χ0v) is 21.5. The molecule has 3 rings (SSSR count). The Morgan fingerprint density at radius 3 is 2.40 bits per heavy atom. The summed E-state index contributed by atoms with van der Waals surface area (Å²) in [6.07, 6.45) is 1.38. The SMILES string of the molecule is CCCOCCOC(=O)C1=C(C)NC2=C(C(=O)[C@@H](C(=O)OC)[C@@H](C)C2)[C@@H]1c1ccc(N(C)C)cc1. The Balaban J connectivity index is 2.03. The van der Waals surface area contributed by atoms with Crippen molar-refractivity contribution in [2.75, 3.05) is 45.9 Å². The third-order valence-corrected chi connectivity index (χ3v) is 6.52. The zero-order valence-electron chi connectivity index (χ0n) is 21.5. The molecule has 1 aliphatic heterocycles. The van der Waals surface area contributed by atoms with E-state index in [1.165, 1.54) is 7.11 Å². The molecule has 3 atom stereocenters. The van der Waals surface area contributed by atoms with Crippen LogP contribution in [0.2, 0.25) is 0 Å². The van der Waals surface area contributed by atoms with Crippen LogP contribution in [0, 0.1) is 11.8 Å². The van der Waals surface area contributed by atoms with Crippen LogP contribution in [0.3, 0.4) is 0 Å². The third kappa shape index (κ3) is 5.59. The van der Waals surface area contributed by atoms with Crippen molar-refractivity contribution in [2.24, 2.45) is 11.8 Å². The van der Waals surface area contributed by atoms with E-state index >= 15 is 0 Å². The molecule has 0 radical (unpaired) electrons. The summed E-state index contributed by atoms with van der Waals surface area (Å²) >= 11 is 0. The minimum Gasteiger partial charge on any atom is -0.468 e. The number of anilines is 1. The van der Waals surface area contributed by atoms with E-state index in [9.17, 15) is 14.4 Å². The average molecular weight is 485 g/mol. The van der Waals surface area contributed by atoms with Gasteiger partial charge >= 0.3 is 11.9 Å². The second kappa shape index (κ2) is 11.5. The lowest BCUT2D eigenvalue weighted by molar-refractivity contribution is -0.151. The minimum absolute atomic E-state index is 0.115. The molecule has 1 aromatic carbocycles. The Kier molecular flexibility index (Phi) is 8.72. The van der Waals surface area contributed by atoms with Gasteiger partial charge in [-0.2, -0.15) is 0 Å². The Hall–Kier alpha value is -3.13. The monoisotopic (exact) mass is 484 g/mol.